The molecule has 1 heterocycles. The van der Waals surface area contributed by atoms with Crippen molar-refractivity contribution in [3.05, 3.63) is 48.0 Å². The number of rotatable bonds is 6. The molecule has 0 bridgehead atoms. The molecule has 1 unspecified atom stereocenters. The largest absolute Gasteiger partial charge is 0.486 e. The van der Waals surface area contributed by atoms with Gasteiger partial charge in [0.05, 0.1) is 0 Å². The molecule has 0 radical (unpaired) electrons. The van der Waals surface area contributed by atoms with E-state index in [0.29, 0.717) is 48.1 Å². The van der Waals surface area contributed by atoms with Crippen molar-refractivity contribution in [2.75, 3.05) is 18.9 Å². The van der Waals surface area contributed by atoms with Crippen molar-refractivity contribution < 1.29 is 19.0 Å². The summed E-state index contributed by atoms with van der Waals surface area (Å²) in [5, 5.41) is 0. The molecule has 1 aliphatic heterocycles. The molecule has 1 aliphatic rings. The predicted molar refractivity (Wildman–Crippen MR) is 91.9 cm³/mol. The average Bonchev–Trinajstić information content (AvgIpc) is 2.62. The van der Waals surface area contributed by atoms with Crippen LogP contribution in [0, 0.1) is 0 Å². The molecule has 126 valence electrons. The minimum atomic E-state index is -0.541. The van der Waals surface area contributed by atoms with E-state index in [1.807, 2.05) is 6.92 Å². The maximum absolute atomic E-state index is 12.8. The lowest BCUT2D eigenvalue weighted by Gasteiger charge is -2.21. The molecule has 0 amide bonds. The summed E-state index contributed by atoms with van der Waals surface area (Å²) in [4.78, 5) is 12.8. The molecule has 24 heavy (non-hydrogen) atoms. The second-order valence-corrected chi connectivity index (χ2v) is 5.69. The zero-order chi connectivity index (χ0) is 16.9. The molecule has 5 nitrogen and oxygen atoms in total. The molecule has 2 aromatic carbocycles. The molecule has 0 aliphatic carbocycles. The average molecular weight is 327 g/mol. The van der Waals surface area contributed by atoms with E-state index in [4.69, 9.17) is 19.9 Å². The lowest BCUT2D eigenvalue weighted by atomic mass is 10.0. The van der Waals surface area contributed by atoms with Crippen molar-refractivity contribution in [2.24, 2.45) is 0 Å². The van der Waals surface area contributed by atoms with Crippen molar-refractivity contribution in [3.63, 3.8) is 0 Å². The van der Waals surface area contributed by atoms with Gasteiger partial charge in [0.2, 0.25) is 5.78 Å². The molecule has 0 saturated carbocycles. The molecule has 0 aromatic heterocycles. The third kappa shape index (κ3) is 3.62. The number of carbonyl (C=O) groups is 1. The number of ketones is 1. The second-order valence-electron chi connectivity index (χ2n) is 5.69. The first kappa shape index (κ1) is 16.2. The molecule has 5 heteroatoms. The van der Waals surface area contributed by atoms with Crippen LogP contribution in [-0.2, 0) is 0 Å². The minimum Gasteiger partial charge on any atom is -0.486 e. The smallest absolute Gasteiger partial charge is 0.203 e. The summed E-state index contributed by atoms with van der Waals surface area (Å²) >= 11 is 0. The van der Waals surface area contributed by atoms with Gasteiger partial charge < -0.3 is 19.9 Å². The SMILES string of the molecule is CCCC(Oc1ccc(N)cc1)C(=O)c1ccc2c(c1)OCCO2. The zero-order valence-electron chi connectivity index (χ0n) is 13.7. The van der Waals surface area contributed by atoms with Crippen molar-refractivity contribution in [3.8, 4) is 17.2 Å². The first-order valence-corrected chi connectivity index (χ1v) is 8.13. The number of hydrogen-bond donors (Lipinski definition) is 1. The second kappa shape index (κ2) is 7.25. The Morgan fingerprint density at radius 1 is 1.12 bits per heavy atom. The normalized spacial score (nSPS) is 14.0. The Morgan fingerprint density at radius 2 is 1.83 bits per heavy atom. The molecular formula is C19H21NO4. The van der Waals surface area contributed by atoms with Gasteiger partial charge in [0, 0.05) is 11.3 Å². The van der Waals surface area contributed by atoms with Crippen LogP contribution in [0.5, 0.6) is 17.2 Å². The molecular weight excluding hydrogens is 306 g/mol. The van der Waals surface area contributed by atoms with E-state index in [-0.39, 0.29) is 5.78 Å². The Hall–Kier alpha value is -2.69. The Bertz CT molecular complexity index is 712. The first-order chi connectivity index (χ1) is 11.7. The summed E-state index contributed by atoms with van der Waals surface area (Å²) in [6, 6.07) is 12.3. The van der Waals surface area contributed by atoms with Crippen LogP contribution in [0.3, 0.4) is 0 Å². The maximum atomic E-state index is 12.8. The van der Waals surface area contributed by atoms with E-state index >= 15 is 0 Å². The van der Waals surface area contributed by atoms with E-state index in [0.717, 1.165) is 6.42 Å². The van der Waals surface area contributed by atoms with Crippen molar-refractivity contribution >= 4 is 11.5 Å². The fourth-order valence-corrected chi connectivity index (χ4v) is 2.60. The molecule has 1 atom stereocenters. The zero-order valence-corrected chi connectivity index (χ0v) is 13.7. The third-order valence-corrected chi connectivity index (χ3v) is 3.83. The molecule has 2 aromatic rings. The fourth-order valence-electron chi connectivity index (χ4n) is 2.60. The topological polar surface area (TPSA) is 70.8 Å². The molecule has 3 rings (SSSR count). The number of nitrogens with two attached hydrogens (primary N) is 1. The minimum absolute atomic E-state index is 0.0642. The summed E-state index contributed by atoms with van der Waals surface area (Å²) in [5.41, 5.74) is 6.91. The van der Waals surface area contributed by atoms with E-state index in [2.05, 4.69) is 0 Å². The molecule has 0 saturated heterocycles. The van der Waals surface area contributed by atoms with Gasteiger partial charge in [-0.05, 0) is 48.9 Å². The summed E-state index contributed by atoms with van der Waals surface area (Å²) in [5.74, 6) is 1.85. The number of fused-ring (bicyclic) bond motifs is 1. The van der Waals surface area contributed by atoms with Crippen LogP contribution in [0.2, 0.25) is 0 Å². The lowest BCUT2D eigenvalue weighted by Crippen LogP contribution is -2.27. The standard InChI is InChI=1S/C19H21NO4/c1-2-3-17(24-15-7-5-14(20)6-8-15)19(21)13-4-9-16-18(12-13)23-11-10-22-16/h4-9,12,17H,2-3,10-11,20H2,1H3. The predicted octanol–water partition coefficient (Wildman–Crippen LogP) is 3.47. The van der Waals surface area contributed by atoms with Crippen LogP contribution in [0.25, 0.3) is 0 Å². The van der Waals surface area contributed by atoms with Crippen molar-refractivity contribution in [1.82, 2.24) is 0 Å². The van der Waals surface area contributed by atoms with Crippen LogP contribution >= 0.6 is 0 Å². The van der Waals surface area contributed by atoms with Gasteiger partial charge in [0.1, 0.15) is 19.0 Å². The van der Waals surface area contributed by atoms with Gasteiger partial charge in [-0.3, -0.25) is 4.79 Å². The highest BCUT2D eigenvalue weighted by atomic mass is 16.6. The number of hydrogen-bond acceptors (Lipinski definition) is 5. The maximum Gasteiger partial charge on any atom is 0.203 e. The lowest BCUT2D eigenvalue weighted by molar-refractivity contribution is 0.0776. The number of anilines is 1. The highest BCUT2D eigenvalue weighted by Gasteiger charge is 2.23. The van der Waals surface area contributed by atoms with E-state index in [9.17, 15) is 4.79 Å². The van der Waals surface area contributed by atoms with Gasteiger partial charge in [0.25, 0.3) is 0 Å². The van der Waals surface area contributed by atoms with Crippen LogP contribution < -0.4 is 19.9 Å². The number of carbonyl (C=O) groups excluding carboxylic acids is 1. The van der Waals surface area contributed by atoms with Gasteiger partial charge in [-0.1, -0.05) is 13.3 Å². The molecule has 0 spiro atoms. The molecule has 0 fully saturated rings. The highest BCUT2D eigenvalue weighted by molar-refractivity contribution is 6.00. The third-order valence-electron chi connectivity index (χ3n) is 3.83. The fraction of sp³-hybridized carbons (Fsp3) is 0.316. The van der Waals surface area contributed by atoms with Gasteiger partial charge in [-0.15, -0.1) is 0 Å². The Balaban J connectivity index is 1.79. The summed E-state index contributed by atoms with van der Waals surface area (Å²) < 4.78 is 16.9. The number of nitrogen functional groups attached to an aromatic ring is 1. The van der Waals surface area contributed by atoms with Crippen LogP contribution in [0.4, 0.5) is 5.69 Å². The van der Waals surface area contributed by atoms with Gasteiger partial charge in [-0.2, -0.15) is 0 Å². The monoisotopic (exact) mass is 327 g/mol. The highest BCUT2D eigenvalue weighted by Crippen LogP contribution is 2.31. The van der Waals surface area contributed by atoms with Crippen molar-refractivity contribution in [1.29, 1.82) is 0 Å². The van der Waals surface area contributed by atoms with Gasteiger partial charge in [0.15, 0.2) is 17.6 Å². The Kier molecular flexibility index (Phi) is 4.89. The van der Waals surface area contributed by atoms with Gasteiger partial charge in [-0.25, -0.2) is 0 Å². The van der Waals surface area contributed by atoms with E-state index in [1.165, 1.54) is 0 Å². The first-order valence-electron chi connectivity index (χ1n) is 8.13. The summed E-state index contributed by atoms with van der Waals surface area (Å²) in [6.07, 6.45) is 0.939. The Morgan fingerprint density at radius 3 is 2.54 bits per heavy atom. The number of Topliss-reactive ketones (excluding diaryl/α,β-unsaturated/α-hetero) is 1. The van der Waals surface area contributed by atoms with E-state index < -0.39 is 6.10 Å². The summed E-state index contributed by atoms with van der Waals surface area (Å²) in [6.45, 7) is 3.04. The Labute approximate surface area is 141 Å². The van der Waals surface area contributed by atoms with Crippen LogP contribution in [-0.4, -0.2) is 25.1 Å². The summed E-state index contributed by atoms with van der Waals surface area (Å²) in [7, 11) is 0. The van der Waals surface area contributed by atoms with Crippen LogP contribution in [0.1, 0.15) is 30.1 Å². The number of benzene rings is 2. The van der Waals surface area contributed by atoms with Crippen molar-refractivity contribution in [2.45, 2.75) is 25.9 Å². The van der Waals surface area contributed by atoms with Gasteiger partial charge >= 0.3 is 0 Å². The van der Waals surface area contributed by atoms with Crippen LogP contribution in [0.15, 0.2) is 42.5 Å². The van der Waals surface area contributed by atoms with E-state index in [1.54, 1.807) is 42.5 Å². The number of ether oxygens (including phenoxy) is 3. The molecule has 2 N–H and O–H groups in total. The quantitative estimate of drug-likeness (QED) is 0.650.